The molecule has 8 aliphatic rings. The molecule has 2 saturated heterocycles. The maximum atomic E-state index is 13.3. The van der Waals surface area contributed by atoms with Gasteiger partial charge in [-0.05, 0) is 68.8 Å². The van der Waals surface area contributed by atoms with Crippen molar-refractivity contribution >= 4 is 30.2 Å². The Morgan fingerprint density at radius 2 is 1.93 bits per heavy atom. The van der Waals surface area contributed by atoms with Crippen molar-refractivity contribution in [1.82, 2.24) is 0 Å². The maximum absolute atomic E-state index is 13.3. The van der Waals surface area contributed by atoms with Crippen molar-refractivity contribution in [3.05, 3.63) is 11.6 Å². The van der Waals surface area contributed by atoms with E-state index < -0.39 is 51.6 Å². The molecular formula is C31H41NO9S. The SMILES string of the molecule is C[C@@H]1C[C@@]2(N=CCS2)[C@]2(O)O[C@@H]3C[C@@]4(C=O)[C@@H](CC[C@@H]5[C@@H]4CC[C@]4(C)[C@@H](C6=CC(=O)OC6)[C@@H](O)C[C@]54O)C[C@H]3O[C@@H]2O1. The van der Waals surface area contributed by atoms with Gasteiger partial charge in [0.05, 0.1) is 30.0 Å². The molecule has 1 spiro atoms. The number of cyclic esters (lactones) is 1. The zero-order valence-corrected chi connectivity index (χ0v) is 25.0. The van der Waals surface area contributed by atoms with Gasteiger partial charge in [-0.2, -0.15) is 0 Å². The van der Waals surface area contributed by atoms with Crippen molar-refractivity contribution in [2.75, 3.05) is 12.4 Å². The number of aliphatic hydroxyl groups excluding tert-OH is 1. The summed E-state index contributed by atoms with van der Waals surface area (Å²) in [6, 6.07) is 0. The van der Waals surface area contributed by atoms with Gasteiger partial charge < -0.3 is 39.1 Å². The highest BCUT2D eigenvalue weighted by Gasteiger charge is 2.73. The third-order valence-electron chi connectivity index (χ3n) is 12.8. The second-order valence-corrected chi connectivity index (χ2v) is 15.8. The molecule has 4 aliphatic heterocycles. The molecular weight excluding hydrogens is 562 g/mol. The summed E-state index contributed by atoms with van der Waals surface area (Å²) in [5.41, 5.74) is -1.83. The van der Waals surface area contributed by atoms with Gasteiger partial charge in [-0.25, -0.2) is 4.79 Å². The van der Waals surface area contributed by atoms with E-state index in [-0.39, 0.29) is 48.9 Å². The van der Waals surface area contributed by atoms with Crippen LogP contribution in [0.2, 0.25) is 0 Å². The molecule has 0 unspecified atom stereocenters. The van der Waals surface area contributed by atoms with E-state index in [0.29, 0.717) is 31.4 Å². The molecule has 8 rings (SSSR count). The summed E-state index contributed by atoms with van der Waals surface area (Å²) < 4.78 is 24.4. The van der Waals surface area contributed by atoms with Crippen LogP contribution >= 0.6 is 11.8 Å². The molecule has 4 saturated carbocycles. The average molecular weight is 604 g/mol. The van der Waals surface area contributed by atoms with E-state index in [4.69, 9.17) is 23.9 Å². The van der Waals surface area contributed by atoms with E-state index in [1.165, 1.54) is 6.08 Å². The van der Waals surface area contributed by atoms with Crippen LogP contribution in [-0.4, -0.2) is 93.1 Å². The molecule has 0 aromatic heterocycles. The molecule has 0 aromatic rings. The van der Waals surface area contributed by atoms with Crippen LogP contribution in [0.5, 0.6) is 0 Å². The van der Waals surface area contributed by atoms with Crippen LogP contribution in [0.25, 0.3) is 0 Å². The number of carbonyl (C=O) groups is 2. The van der Waals surface area contributed by atoms with E-state index >= 15 is 0 Å². The minimum Gasteiger partial charge on any atom is -0.458 e. The van der Waals surface area contributed by atoms with Crippen molar-refractivity contribution in [3.8, 4) is 0 Å². The molecule has 230 valence electrons. The van der Waals surface area contributed by atoms with Gasteiger partial charge in [0, 0.05) is 47.6 Å². The summed E-state index contributed by atoms with van der Waals surface area (Å²) in [4.78, 5) is 29.0. The summed E-state index contributed by atoms with van der Waals surface area (Å²) in [6.07, 6.45) is 6.24. The van der Waals surface area contributed by atoms with Gasteiger partial charge in [-0.1, -0.05) is 6.92 Å². The van der Waals surface area contributed by atoms with Gasteiger partial charge in [0.2, 0.25) is 6.29 Å². The van der Waals surface area contributed by atoms with Gasteiger partial charge in [0.25, 0.3) is 5.79 Å². The largest absolute Gasteiger partial charge is 0.458 e. The molecule has 0 aromatic carbocycles. The van der Waals surface area contributed by atoms with Crippen LogP contribution in [0.3, 0.4) is 0 Å². The summed E-state index contributed by atoms with van der Waals surface area (Å²) in [5.74, 6) is -2.10. The Morgan fingerprint density at radius 1 is 1.10 bits per heavy atom. The van der Waals surface area contributed by atoms with Gasteiger partial charge in [-0.3, -0.25) is 4.99 Å². The molecule has 6 fully saturated rings. The normalized spacial score (nSPS) is 57.9. The molecule has 42 heavy (non-hydrogen) atoms. The summed E-state index contributed by atoms with van der Waals surface area (Å²) >= 11 is 1.54. The third kappa shape index (κ3) is 3.42. The van der Waals surface area contributed by atoms with E-state index in [1.807, 2.05) is 20.1 Å². The van der Waals surface area contributed by atoms with Crippen LogP contribution in [0.4, 0.5) is 0 Å². The fourth-order valence-electron chi connectivity index (χ4n) is 11.1. The number of thioether (sulfide) groups is 1. The number of carbonyl (C=O) groups excluding carboxylic acids is 2. The number of rotatable bonds is 2. The highest BCUT2D eigenvalue weighted by molar-refractivity contribution is 8.01. The molecule has 3 N–H and O–H groups in total. The third-order valence-corrected chi connectivity index (χ3v) is 14.2. The Morgan fingerprint density at radius 3 is 2.64 bits per heavy atom. The minimum atomic E-state index is -1.77. The summed E-state index contributed by atoms with van der Waals surface area (Å²) in [6.45, 7) is 4.16. The lowest BCUT2D eigenvalue weighted by molar-refractivity contribution is -0.445. The highest BCUT2D eigenvalue weighted by atomic mass is 32.2. The fraction of sp³-hybridized carbons (Fsp3) is 0.839. The maximum Gasteiger partial charge on any atom is 0.331 e. The highest BCUT2D eigenvalue weighted by Crippen LogP contribution is 2.70. The Balaban J connectivity index is 1.11. The second-order valence-electron chi connectivity index (χ2n) is 14.5. The number of hydrogen-bond donors (Lipinski definition) is 3. The molecule has 0 radical (unpaired) electrons. The summed E-state index contributed by atoms with van der Waals surface area (Å²) in [5, 5.41) is 36.0. The Bertz CT molecular complexity index is 1260. The van der Waals surface area contributed by atoms with Crippen LogP contribution in [-0.2, 0) is 28.5 Å². The predicted molar refractivity (Wildman–Crippen MR) is 150 cm³/mol. The Labute approximate surface area is 249 Å². The first-order valence-electron chi connectivity index (χ1n) is 15.6. The molecule has 0 bridgehead atoms. The van der Waals surface area contributed by atoms with Crippen molar-refractivity contribution in [2.24, 2.45) is 39.5 Å². The smallest absolute Gasteiger partial charge is 0.331 e. The minimum absolute atomic E-state index is 0.0554. The molecule has 4 aliphatic carbocycles. The van der Waals surface area contributed by atoms with Crippen LogP contribution in [0, 0.1) is 34.5 Å². The molecule has 0 amide bonds. The second kappa shape index (κ2) is 9.11. The number of aliphatic hydroxyl groups is 3. The lowest BCUT2D eigenvalue weighted by atomic mass is 9.42. The first kappa shape index (κ1) is 28.2. The Hall–Kier alpha value is -1.34. The van der Waals surface area contributed by atoms with Crippen molar-refractivity contribution in [1.29, 1.82) is 0 Å². The standard InChI is InChI=1S/C31H41NO9S/c1-16-11-30(32-7-8-42-30)31(37)26(39-16)40-22-10-18-3-4-20-19(28(18,15-33)13-23(22)41-31)5-6-27(2)25(17-9-24(35)38-14-17)21(34)12-29(20,27)36/h7,9,15-16,18-23,25-26,34,36-37H,3-6,8,10-14H2,1-2H3/t16-,18+,19+,20-,21+,22-,23-,25+,26+,27-,28-,29+,30+,31-/m1/s1. The lowest BCUT2D eigenvalue weighted by Gasteiger charge is -2.65. The van der Waals surface area contributed by atoms with Gasteiger partial charge >= 0.3 is 5.97 Å². The number of ether oxygens (including phenoxy) is 4. The van der Waals surface area contributed by atoms with E-state index in [2.05, 4.69) is 0 Å². The van der Waals surface area contributed by atoms with Crippen molar-refractivity contribution in [3.63, 3.8) is 0 Å². The van der Waals surface area contributed by atoms with E-state index in [0.717, 1.165) is 31.1 Å². The van der Waals surface area contributed by atoms with Gasteiger partial charge in [0.15, 0.2) is 4.87 Å². The number of fused-ring (bicyclic) bond motifs is 8. The van der Waals surface area contributed by atoms with E-state index in [1.54, 1.807) is 11.8 Å². The lowest BCUT2D eigenvalue weighted by Crippen LogP contribution is -2.73. The van der Waals surface area contributed by atoms with Crippen LogP contribution < -0.4 is 0 Å². The number of hydrogen-bond acceptors (Lipinski definition) is 11. The number of aldehydes is 1. The fourth-order valence-corrected chi connectivity index (χ4v) is 12.3. The van der Waals surface area contributed by atoms with E-state index in [9.17, 15) is 24.9 Å². The zero-order valence-electron chi connectivity index (χ0n) is 24.1. The first-order chi connectivity index (χ1) is 20.0. The molecule has 10 nitrogen and oxygen atoms in total. The van der Waals surface area contributed by atoms with Gasteiger partial charge in [0.1, 0.15) is 12.9 Å². The van der Waals surface area contributed by atoms with Crippen LogP contribution in [0.1, 0.15) is 65.2 Å². The average Bonchev–Trinajstić information content (AvgIpc) is 3.64. The first-order valence-corrected chi connectivity index (χ1v) is 16.6. The number of nitrogens with zero attached hydrogens (tertiary/aromatic N) is 1. The summed E-state index contributed by atoms with van der Waals surface area (Å²) in [7, 11) is 0. The van der Waals surface area contributed by atoms with Gasteiger partial charge in [-0.15, -0.1) is 11.8 Å². The quantitative estimate of drug-likeness (QED) is 0.244. The van der Waals surface area contributed by atoms with Crippen molar-refractivity contribution in [2.45, 2.75) is 112 Å². The predicted octanol–water partition coefficient (Wildman–Crippen LogP) is 2.12. The molecule has 4 heterocycles. The monoisotopic (exact) mass is 603 g/mol. The van der Waals surface area contributed by atoms with Crippen LogP contribution in [0.15, 0.2) is 16.6 Å². The Kier molecular flexibility index (Phi) is 6.11. The zero-order chi connectivity index (χ0) is 29.3. The molecule has 14 atom stereocenters. The van der Waals surface area contributed by atoms with Crippen molar-refractivity contribution < 1.29 is 43.9 Å². The molecule has 11 heteroatoms. The topological polar surface area (TPSA) is 144 Å². The number of aliphatic imine (C=N–C) groups is 1. The number of esters is 1.